The summed E-state index contributed by atoms with van der Waals surface area (Å²) in [5.74, 6) is 0.136. The van der Waals surface area contributed by atoms with Gasteiger partial charge in [0, 0.05) is 22.7 Å². The van der Waals surface area contributed by atoms with Gasteiger partial charge < -0.3 is 5.32 Å². The molecule has 1 N–H and O–H groups in total. The number of hydrogen-bond donors (Lipinski definition) is 1. The van der Waals surface area contributed by atoms with Crippen LogP contribution in [0, 0.1) is 11.7 Å². The minimum atomic E-state index is -0.141. The molecule has 1 aromatic carbocycles. The van der Waals surface area contributed by atoms with Crippen molar-refractivity contribution in [2.75, 3.05) is 0 Å². The first kappa shape index (κ1) is 12.6. The van der Waals surface area contributed by atoms with Crippen LogP contribution in [0.2, 0.25) is 0 Å². The van der Waals surface area contributed by atoms with Crippen molar-refractivity contribution in [3.63, 3.8) is 0 Å². The van der Waals surface area contributed by atoms with Gasteiger partial charge in [-0.1, -0.05) is 29.9 Å². The Kier molecular flexibility index (Phi) is 2.39. The second kappa shape index (κ2) is 3.97. The summed E-state index contributed by atoms with van der Waals surface area (Å²) in [7, 11) is 0. The number of hydrogen-bond acceptors (Lipinski definition) is 1. The fourth-order valence-electron chi connectivity index (χ4n) is 3.68. The van der Waals surface area contributed by atoms with Crippen LogP contribution in [-0.4, -0.2) is 5.54 Å². The van der Waals surface area contributed by atoms with Gasteiger partial charge in [-0.2, -0.15) is 0 Å². The van der Waals surface area contributed by atoms with Crippen molar-refractivity contribution < 1.29 is 4.39 Å². The Morgan fingerprint density at radius 2 is 2.00 bits per heavy atom. The zero-order valence-corrected chi connectivity index (χ0v) is 12.5. The monoisotopic (exact) mass is 279 g/mol. The average molecular weight is 279 g/mol. The van der Waals surface area contributed by atoms with Gasteiger partial charge in [-0.05, 0) is 55.7 Å². The van der Waals surface area contributed by atoms with Gasteiger partial charge in [0.1, 0.15) is 5.82 Å². The molecule has 4 rings (SSSR count). The molecule has 2 aliphatic carbocycles. The van der Waals surface area contributed by atoms with Crippen LogP contribution in [0.5, 0.6) is 0 Å². The highest BCUT2D eigenvalue weighted by Gasteiger charge is 2.33. The summed E-state index contributed by atoms with van der Waals surface area (Å²) >= 11 is 0. The molecule has 1 atom stereocenters. The summed E-state index contributed by atoms with van der Waals surface area (Å²) in [5, 5.41) is 3.58. The molecule has 0 amide bonds. The summed E-state index contributed by atoms with van der Waals surface area (Å²) in [4.78, 5) is 0. The SMILES string of the molecule is CC1=CC(C)(C)NC2=CC3=Cc4c(F)cccc4C3=CC12. The lowest BCUT2D eigenvalue weighted by Crippen LogP contribution is -2.43. The molecule has 1 nitrogen and oxygen atoms in total. The molecule has 3 aliphatic rings. The van der Waals surface area contributed by atoms with E-state index in [1.54, 1.807) is 6.07 Å². The normalized spacial score (nSPS) is 24.7. The Balaban J connectivity index is 1.88. The van der Waals surface area contributed by atoms with Gasteiger partial charge in [0.2, 0.25) is 0 Å². The van der Waals surface area contributed by atoms with Crippen LogP contribution in [0.3, 0.4) is 0 Å². The largest absolute Gasteiger partial charge is 0.379 e. The van der Waals surface area contributed by atoms with Gasteiger partial charge in [-0.25, -0.2) is 4.39 Å². The van der Waals surface area contributed by atoms with Crippen molar-refractivity contribution in [2.24, 2.45) is 5.92 Å². The van der Waals surface area contributed by atoms with Gasteiger partial charge in [0.25, 0.3) is 0 Å². The number of allylic oxidation sites excluding steroid dienone is 4. The van der Waals surface area contributed by atoms with Crippen LogP contribution in [0.4, 0.5) is 4.39 Å². The summed E-state index contributed by atoms with van der Waals surface area (Å²) in [5.41, 5.74) is 6.53. The quantitative estimate of drug-likeness (QED) is 0.692. The molecule has 0 fully saturated rings. The molecule has 1 unspecified atom stereocenters. The molecular formula is C19H18FN. The van der Waals surface area contributed by atoms with E-state index in [0.29, 0.717) is 0 Å². The van der Waals surface area contributed by atoms with Crippen molar-refractivity contribution in [3.05, 3.63) is 70.2 Å². The maximum Gasteiger partial charge on any atom is 0.131 e. The molecule has 2 heteroatoms. The molecular weight excluding hydrogens is 261 g/mol. The van der Waals surface area contributed by atoms with Crippen LogP contribution in [-0.2, 0) is 0 Å². The Morgan fingerprint density at radius 3 is 2.81 bits per heavy atom. The molecule has 0 radical (unpaired) electrons. The minimum Gasteiger partial charge on any atom is -0.379 e. The third-order valence-corrected chi connectivity index (χ3v) is 4.48. The second-order valence-corrected chi connectivity index (χ2v) is 6.69. The molecule has 0 saturated heterocycles. The van der Waals surface area contributed by atoms with Gasteiger partial charge in [0.05, 0.1) is 0 Å². The molecule has 1 aliphatic heterocycles. The van der Waals surface area contributed by atoms with Gasteiger partial charge in [-0.3, -0.25) is 0 Å². The third kappa shape index (κ3) is 1.82. The lowest BCUT2D eigenvalue weighted by atomic mass is 9.80. The molecule has 0 bridgehead atoms. The van der Waals surface area contributed by atoms with Gasteiger partial charge >= 0.3 is 0 Å². The lowest BCUT2D eigenvalue weighted by molar-refractivity contribution is 0.477. The maximum atomic E-state index is 14.0. The smallest absolute Gasteiger partial charge is 0.131 e. The summed E-state index contributed by atoms with van der Waals surface area (Å²) in [6.45, 7) is 6.52. The lowest BCUT2D eigenvalue weighted by Gasteiger charge is -2.38. The van der Waals surface area contributed by atoms with Crippen LogP contribution in [0.1, 0.15) is 31.9 Å². The molecule has 21 heavy (non-hydrogen) atoms. The highest BCUT2D eigenvalue weighted by atomic mass is 19.1. The van der Waals surface area contributed by atoms with E-state index in [0.717, 1.165) is 22.3 Å². The minimum absolute atomic E-state index is 0.0327. The highest BCUT2D eigenvalue weighted by Crippen LogP contribution is 2.44. The predicted molar refractivity (Wildman–Crippen MR) is 84.9 cm³/mol. The topological polar surface area (TPSA) is 12.0 Å². The van der Waals surface area contributed by atoms with E-state index >= 15 is 0 Å². The van der Waals surface area contributed by atoms with Crippen molar-refractivity contribution in [1.82, 2.24) is 5.32 Å². The zero-order valence-electron chi connectivity index (χ0n) is 12.5. The van der Waals surface area contributed by atoms with Crippen molar-refractivity contribution >= 4 is 11.6 Å². The Bertz CT molecular complexity index is 775. The van der Waals surface area contributed by atoms with Crippen molar-refractivity contribution in [1.29, 1.82) is 0 Å². The first-order valence-corrected chi connectivity index (χ1v) is 7.36. The Hall–Kier alpha value is -2.09. The van der Waals surface area contributed by atoms with Crippen molar-refractivity contribution in [3.8, 4) is 0 Å². The fraction of sp³-hybridized carbons (Fsp3) is 0.263. The van der Waals surface area contributed by atoms with Gasteiger partial charge in [-0.15, -0.1) is 0 Å². The molecule has 1 aromatic rings. The highest BCUT2D eigenvalue weighted by molar-refractivity contribution is 5.98. The number of halogens is 1. The molecule has 0 aromatic heterocycles. The van der Waals surface area contributed by atoms with E-state index in [2.05, 4.69) is 44.3 Å². The van der Waals surface area contributed by atoms with Crippen LogP contribution >= 0.6 is 0 Å². The van der Waals surface area contributed by atoms with Crippen molar-refractivity contribution in [2.45, 2.75) is 26.3 Å². The molecule has 1 heterocycles. The number of benzene rings is 1. The van der Waals surface area contributed by atoms with E-state index in [1.165, 1.54) is 17.3 Å². The first-order valence-electron chi connectivity index (χ1n) is 7.36. The van der Waals surface area contributed by atoms with E-state index in [-0.39, 0.29) is 17.3 Å². The van der Waals surface area contributed by atoms with E-state index in [4.69, 9.17) is 0 Å². The standard InChI is InChI=1S/C19H18FN/c1-11-10-19(2,3)21-18-8-12-7-16-13(5-4-6-17(16)20)15(12)9-14(11)18/h4-10,14,21H,1-3H3. The second-order valence-electron chi connectivity index (χ2n) is 6.69. The number of rotatable bonds is 0. The van der Waals surface area contributed by atoms with E-state index in [9.17, 15) is 4.39 Å². The van der Waals surface area contributed by atoms with Crippen LogP contribution in [0.25, 0.3) is 11.6 Å². The zero-order chi connectivity index (χ0) is 14.8. The fourth-order valence-corrected chi connectivity index (χ4v) is 3.68. The third-order valence-electron chi connectivity index (χ3n) is 4.48. The summed E-state index contributed by atoms with van der Waals surface area (Å²) in [6.07, 6.45) is 8.68. The van der Waals surface area contributed by atoms with Crippen LogP contribution in [0.15, 0.2) is 53.3 Å². The van der Waals surface area contributed by atoms with Crippen LogP contribution < -0.4 is 5.32 Å². The molecule has 0 saturated carbocycles. The maximum absolute atomic E-state index is 14.0. The average Bonchev–Trinajstić information content (AvgIpc) is 2.75. The van der Waals surface area contributed by atoms with Gasteiger partial charge in [0.15, 0.2) is 0 Å². The predicted octanol–water partition coefficient (Wildman–Crippen LogP) is 4.45. The summed E-state index contributed by atoms with van der Waals surface area (Å²) in [6, 6.07) is 5.32. The molecule has 106 valence electrons. The number of nitrogens with one attached hydrogen (secondary N) is 1. The first-order chi connectivity index (χ1) is 9.94. The Morgan fingerprint density at radius 1 is 1.19 bits per heavy atom. The molecule has 0 spiro atoms. The number of fused-ring (bicyclic) bond motifs is 4. The van der Waals surface area contributed by atoms with E-state index in [1.807, 2.05) is 12.1 Å². The van der Waals surface area contributed by atoms with E-state index < -0.39 is 0 Å². The Labute approximate surface area is 124 Å². The summed E-state index contributed by atoms with van der Waals surface area (Å²) < 4.78 is 14.0.